The zero-order valence-electron chi connectivity index (χ0n) is 12.1. The molecule has 106 valence electrons. The van der Waals surface area contributed by atoms with Gasteiger partial charge in [-0.15, -0.1) is 0 Å². The van der Waals surface area contributed by atoms with Crippen molar-refractivity contribution in [2.24, 2.45) is 5.73 Å². The lowest BCUT2D eigenvalue weighted by molar-refractivity contribution is 0.373. The largest absolute Gasteiger partial charge is 0.384 e. The average Bonchev–Trinajstić information content (AvgIpc) is 2.30. The second-order valence-corrected chi connectivity index (χ2v) is 5.41. The topological polar surface area (TPSA) is 56.4 Å². The van der Waals surface area contributed by atoms with Crippen LogP contribution in [0.25, 0.3) is 0 Å². The molecule has 0 bridgehead atoms. The van der Waals surface area contributed by atoms with Crippen LogP contribution in [0, 0.1) is 5.41 Å². The van der Waals surface area contributed by atoms with Crippen molar-refractivity contribution < 1.29 is 0 Å². The molecule has 0 fully saturated rings. The molecule has 1 atom stereocenters. The SMILES string of the molecule is CCN(c1ccc(Cl)cc1C(=N)N)C(C)CN(C)C. The molecule has 5 heteroatoms. The second kappa shape index (κ2) is 6.78. The van der Waals surface area contributed by atoms with E-state index in [1.54, 1.807) is 6.07 Å². The minimum Gasteiger partial charge on any atom is -0.384 e. The molecule has 0 spiro atoms. The van der Waals surface area contributed by atoms with Crippen LogP contribution in [0.15, 0.2) is 18.2 Å². The van der Waals surface area contributed by atoms with Crippen LogP contribution in [0.4, 0.5) is 5.69 Å². The molecular weight excluding hydrogens is 260 g/mol. The van der Waals surface area contributed by atoms with Crippen molar-refractivity contribution in [3.05, 3.63) is 28.8 Å². The van der Waals surface area contributed by atoms with Gasteiger partial charge in [0.2, 0.25) is 0 Å². The Morgan fingerprint density at radius 1 is 1.42 bits per heavy atom. The Hall–Kier alpha value is -1.26. The number of benzene rings is 1. The van der Waals surface area contributed by atoms with Gasteiger partial charge in [-0.1, -0.05) is 11.6 Å². The minimum absolute atomic E-state index is 0.0491. The van der Waals surface area contributed by atoms with E-state index >= 15 is 0 Å². The normalized spacial score (nSPS) is 12.5. The Morgan fingerprint density at radius 3 is 2.53 bits per heavy atom. The summed E-state index contributed by atoms with van der Waals surface area (Å²) >= 11 is 5.99. The molecule has 0 saturated carbocycles. The minimum atomic E-state index is 0.0491. The van der Waals surface area contributed by atoms with E-state index in [4.69, 9.17) is 22.7 Å². The monoisotopic (exact) mass is 282 g/mol. The van der Waals surface area contributed by atoms with Crippen LogP contribution in [0.5, 0.6) is 0 Å². The van der Waals surface area contributed by atoms with Gasteiger partial charge in [-0.05, 0) is 46.1 Å². The Morgan fingerprint density at radius 2 is 2.05 bits per heavy atom. The molecule has 0 heterocycles. The van der Waals surface area contributed by atoms with E-state index < -0.39 is 0 Å². The molecule has 1 rings (SSSR count). The van der Waals surface area contributed by atoms with E-state index in [-0.39, 0.29) is 5.84 Å². The van der Waals surface area contributed by atoms with Crippen molar-refractivity contribution in [1.82, 2.24) is 4.90 Å². The zero-order chi connectivity index (χ0) is 14.6. The number of nitrogen functional groups attached to an aromatic ring is 1. The molecule has 0 aliphatic heterocycles. The highest BCUT2D eigenvalue weighted by Gasteiger charge is 2.18. The third kappa shape index (κ3) is 4.11. The number of nitrogens with zero attached hydrogens (tertiary/aromatic N) is 2. The summed E-state index contributed by atoms with van der Waals surface area (Å²) in [5, 5.41) is 8.31. The lowest BCUT2D eigenvalue weighted by atomic mass is 10.1. The number of nitrogens with one attached hydrogen (secondary N) is 1. The predicted octanol–water partition coefficient (Wildman–Crippen LogP) is 2.40. The Bertz CT molecular complexity index is 445. The molecule has 1 unspecified atom stereocenters. The fourth-order valence-corrected chi connectivity index (χ4v) is 2.49. The third-order valence-corrected chi connectivity index (χ3v) is 3.30. The lowest BCUT2D eigenvalue weighted by Crippen LogP contribution is -2.41. The Kier molecular flexibility index (Phi) is 5.63. The summed E-state index contributed by atoms with van der Waals surface area (Å²) in [6.45, 7) is 6.07. The van der Waals surface area contributed by atoms with Gasteiger partial charge in [-0.3, -0.25) is 5.41 Å². The van der Waals surface area contributed by atoms with Crippen LogP contribution in [-0.2, 0) is 0 Å². The van der Waals surface area contributed by atoms with Crippen LogP contribution in [0.2, 0.25) is 5.02 Å². The quantitative estimate of drug-likeness (QED) is 0.622. The standard InChI is InChI=1S/C14H23ClN4/c1-5-19(10(2)9-18(3)4)13-7-6-11(15)8-12(13)14(16)17/h6-8,10H,5,9H2,1-4H3,(H3,16,17). The van der Waals surface area contributed by atoms with Crippen LogP contribution in [0.3, 0.4) is 0 Å². The lowest BCUT2D eigenvalue weighted by Gasteiger charge is -2.33. The summed E-state index contributed by atoms with van der Waals surface area (Å²) in [6.07, 6.45) is 0. The summed E-state index contributed by atoms with van der Waals surface area (Å²) in [7, 11) is 4.11. The summed E-state index contributed by atoms with van der Waals surface area (Å²) in [5.41, 5.74) is 7.33. The molecule has 0 amide bonds. The third-order valence-electron chi connectivity index (χ3n) is 3.06. The molecule has 1 aromatic rings. The zero-order valence-corrected chi connectivity index (χ0v) is 12.8. The van der Waals surface area contributed by atoms with Crippen molar-refractivity contribution in [2.75, 3.05) is 32.1 Å². The highest BCUT2D eigenvalue weighted by molar-refractivity contribution is 6.31. The molecule has 4 nitrogen and oxygen atoms in total. The number of likely N-dealkylation sites (N-methyl/N-ethyl adjacent to an activating group) is 2. The van der Waals surface area contributed by atoms with Crippen LogP contribution in [-0.4, -0.2) is 44.0 Å². The van der Waals surface area contributed by atoms with Gasteiger partial charge in [0.1, 0.15) is 5.84 Å². The summed E-state index contributed by atoms with van der Waals surface area (Å²) in [4.78, 5) is 4.39. The van der Waals surface area contributed by atoms with E-state index in [1.165, 1.54) is 0 Å². The molecule has 0 radical (unpaired) electrons. The first-order valence-corrected chi connectivity index (χ1v) is 6.80. The van der Waals surface area contributed by atoms with Crippen molar-refractivity contribution in [2.45, 2.75) is 19.9 Å². The predicted molar refractivity (Wildman–Crippen MR) is 83.5 cm³/mol. The molecule has 1 aromatic carbocycles. The van der Waals surface area contributed by atoms with E-state index in [2.05, 4.69) is 37.7 Å². The Labute approximate surface area is 120 Å². The average molecular weight is 283 g/mol. The van der Waals surface area contributed by atoms with Gasteiger partial charge in [0.25, 0.3) is 0 Å². The van der Waals surface area contributed by atoms with Crippen molar-refractivity contribution in [3.63, 3.8) is 0 Å². The molecule has 0 saturated heterocycles. The highest BCUT2D eigenvalue weighted by atomic mass is 35.5. The first kappa shape index (κ1) is 15.8. The summed E-state index contributed by atoms with van der Waals surface area (Å²) in [5.74, 6) is 0.0491. The van der Waals surface area contributed by atoms with Crippen molar-refractivity contribution >= 4 is 23.1 Å². The van der Waals surface area contributed by atoms with Gasteiger partial charge in [0, 0.05) is 35.4 Å². The van der Waals surface area contributed by atoms with Crippen LogP contribution in [0.1, 0.15) is 19.4 Å². The number of amidine groups is 1. The highest BCUT2D eigenvalue weighted by Crippen LogP contribution is 2.25. The first-order chi connectivity index (χ1) is 8.86. The molecule has 19 heavy (non-hydrogen) atoms. The maximum Gasteiger partial charge on any atom is 0.124 e. The van der Waals surface area contributed by atoms with E-state index in [0.29, 0.717) is 16.6 Å². The van der Waals surface area contributed by atoms with Gasteiger partial charge >= 0.3 is 0 Å². The van der Waals surface area contributed by atoms with Gasteiger partial charge in [-0.25, -0.2) is 0 Å². The molecular formula is C14H23ClN4. The fourth-order valence-electron chi connectivity index (χ4n) is 2.32. The molecule has 0 aliphatic rings. The maximum atomic E-state index is 7.71. The molecule has 0 aliphatic carbocycles. The number of hydrogen-bond acceptors (Lipinski definition) is 3. The first-order valence-electron chi connectivity index (χ1n) is 6.42. The summed E-state index contributed by atoms with van der Waals surface area (Å²) in [6, 6.07) is 5.87. The Balaban J connectivity index is 3.14. The van der Waals surface area contributed by atoms with Gasteiger partial charge in [0.15, 0.2) is 0 Å². The number of anilines is 1. The maximum absolute atomic E-state index is 7.71. The van der Waals surface area contributed by atoms with Crippen molar-refractivity contribution in [3.8, 4) is 0 Å². The van der Waals surface area contributed by atoms with E-state index in [0.717, 1.165) is 18.8 Å². The van der Waals surface area contributed by atoms with E-state index in [1.807, 2.05) is 12.1 Å². The molecule has 3 N–H and O–H groups in total. The van der Waals surface area contributed by atoms with Gasteiger partial charge in [-0.2, -0.15) is 0 Å². The van der Waals surface area contributed by atoms with Gasteiger partial charge < -0.3 is 15.5 Å². The molecule has 0 aromatic heterocycles. The number of halogens is 1. The summed E-state index contributed by atoms with van der Waals surface area (Å²) < 4.78 is 0. The number of hydrogen-bond donors (Lipinski definition) is 2. The van der Waals surface area contributed by atoms with Crippen LogP contribution >= 0.6 is 11.6 Å². The smallest absolute Gasteiger partial charge is 0.124 e. The van der Waals surface area contributed by atoms with Gasteiger partial charge in [0.05, 0.1) is 0 Å². The van der Waals surface area contributed by atoms with Crippen molar-refractivity contribution in [1.29, 1.82) is 5.41 Å². The number of nitrogens with two attached hydrogens (primary N) is 1. The fraction of sp³-hybridized carbons (Fsp3) is 0.500. The van der Waals surface area contributed by atoms with Crippen LogP contribution < -0.4 is 10.6 Å². The van der Waals surface area contributed by atoms with E-state index in [9.17, 15) is 0 Å². The number of rotatable bonds is 6. The second-order valence-electron chi connectivity index (χ2n) is 4.97.